The summed E-state index contributed by atoms with van der Waals surface area (Å²) < 4.78 is 11.3. The highest BCUT2D eigenvalue weighted by atomic mass is 16.5. The molecular formula is C20H24O2. The van der Waals surface area contributed by atoms with Crippen LogP contribution in [0.5, 0.6) is 0 Å². The van der Waals surface area contributed by atoms with E-state index in [1.807, 2.05) is 23.3 Å². The molecule has 0 aromatic carbocycles. The van der Waals surface area contributed by atoms with Crippen molar-refractivity contribution in [2.24, 2.45) is 10.8 Å². The van der Waals surface area contributed by atoms with Crippen LogP contribution in [0.25, 0.3) is 0 Å². The molecule has 0 N–H and O–H groups in total. The van der Waals surface area contributed by atoms with Crippen molar-refractivity contribution in [1.29, 1.82) is 0 Å². The van der Waals surface area contributed by atoms with E-state index in [4.69, 9.17) is 9.15 Å². The average Bonchev–Trinajstić information content (AvgIpc) is 3.37. The van der Waals surface area contributed by atoms with Gasteiger partial charge >= 0.3 is 0 Å². The molecule has 2 spiro atoms. The highest BCUT2D eigenvalue weighted by molar-refractivity contribution is 5.44. The molecule has 0 bridgehead atoms. The summed E-state index contributed by atoms with van der Waals surface area (Å²) in [6.45, 7) is 1.37. The molecule has 116 valence electrons. The molecule has 22 heavy (non-hydrogen) atoms. The van der Waals surface area contributed by atoms with Crippen molar-refractivity contribution in [2.75, 3.05) is 6.61 Å². The SMILES string of the molecule is C1=C(COCc2ccco2)CCC(=C2CC2)C2(CC2)C12CC2. The molecule has 4 aliphatic carbocycles. The Bertz CT molecular complexity index is 633. The molecule has 1 heterocycles. The Morgan fingerprint density at radius 1 is 1.00 bits per heavy atom. The van der Waals surface area contributed by atoms with Gasteiger partial charge in [0.2, 0.25) is 0 Å². The zero-order valence-electron chi connectivity index (χ0n) is 13.2. The van der Waals surface area contributed by atoms with Gasteiger partial charge in [-0.15, -0.1) is 0 Å². The van der Waals surface area contributed by atoms with Crippen LogP contribution in [0.1, 0.15) is 57.1 Å². The van der Waals surface area contributed by atoms with Crippen LogP contribution in [-0.2, 0) is 11.3 Å². The fourth-order valence-corrected chi connectivity index (χ4v) is 4.78. The monoisotopic (exact) mass is 296 g/mol. The summed E-state index contributed by atoms with van der Waals surface area (Å²) in [4.78, 5) is 0. The molecule has 2 heteroatoms. The third-order valence-corrected chi connectivity index (χ3v) is 6.28. The molecular weight excluding hydrogens is 272 g/mol. The Hall–Kier alpha value is -1.28. The maximum Gasteiger partial charge on any atom is 0.129 e. The first kappa shape index (κ1) is 13.2. The molecule has 4 aliphatic rings. The molecule has 0 radical (unpaired) electrons. The zero-order valence-corrected chi connectivity index (χ0v) is 13.2. The standard InChI is InChI=1S/C20H24O2/c1-2-17(22-11-1)14-21-13-15-3-6-18(16-4-5-16)20(9-10-20)19(12-15)7-8-19/h1-2,11-12H,3-10,13-14H2. The van der Waals surface area contributed by atoms with Crippen LogP contribution in [0, 0.1) is 10.8 Å². The first-order valence-corrected chi connectivity index (χ1v) is 8.84. The molecule has 0 unspecified atom stereocenters. The first-order chi connectivity index (χ1) is 10.8. The molecule has 5 rings (SSSR count). The second-order valence-corrected chi connectivity index (χ2v) is 7.70. The zero-order chi connectivity index (χ0) is 14.6. The summed E-state index contributed by atoms with van der Waals surface area (Å²) in [5, 5.41) is 0. The van der Waals surface area contributed by atoms with E-state index in [9.17, 15) is 0 Å². The third kappa shape index (κ3) is 2.04. The summed E-state index contributed by atoms with van der Waals surface area (Å²) in [6, 6.07) is 3.91. The van der Waals surface area contributed by atoms with Gasteiger partial charge in [-0.3, -0.25) is 0 Å². The Balaban J connectivity index is 1.33. The second kappa shape index (κ2) is 4.61. The summed E-state index contributed by atoms with van der Waals surface area (Å²) in [6.07, 6.45) is 15.3. The molecule has 0 saturated heterocycles. The Kier molecular flexibility index (Phi) is 2.76. The third-order valence-electron chi connectivity index (χ3n) is 6.28. The number of allylic oxidation sites excluding steroid dienone is 3. The van der Waals surface area contributed by atoms with Crippen molar-refractivity contribution in [2.45, 2.75) is 58.0 Å². The Labute approximate surface area is 132 Å². The summed E-state index contributed by atoms with van der Waals surface area (Å²) >= 11 is 0. The molecule has 0 atom stereocenters. The Morgan fingerprint density at radius 3 is 2.50 bits per heavy atom. The number of rotatable bonds is 4. The number of hydrogen-bond donors (Lipinski definition) is 0. The number of fused-ring (bicyclic) bond motifs is 1. The van der Waals surface area contributed by atoms with Crippen molar-refractivity contribution in [3.63, 3.8) is 0 Å². The van der Waals surface area contributed by atoms with Gasteiger partial charge in [0.1, 0.15) is 12.4 Å². The number of hydrogen-bond acceptors (Lipinski definition) is 2. The smallest absolute Gasteiger partial charge is 0.129 e. The highest BCUT2D eigenvalue weighted by Gasteiger charge is 2.66. The molecule has 0 amide bonds. The minimum absolute atomic E-state index is 0.526. The Morgan fingerprint density at radius 2 is 1.86 bits per heavy atom. The molecule has 2 nitrogen and oxygen atoms in total. The van der Waals surface area contributed by atoms with Gasteiger partial charge in [0.05, 0.1) is 12.9 Å². The minimum Gasteiger partial charge on any atom is -0.467 e. The van der Waals surface area contributed by atoms with Crippen LogP contribution >= 0.6 is 0 Å². The van der Waals surface area contributed by atoms with Crippen LogP contribution in [0.15, 0.2) is 45.6 Å². The summed E-state index contributed by atoms with van der Waals surface area (Å²) in [5.74, 6) is 0.926. The van der Waals surface area contributed by atoms with Crippen LogP contribution in [-0.4, -0.2) is 6.61 Å². The summed E-state index contributed by atoms with van der Waals surface area (Å²) in [5.41, 5.74) is 6.35. The maximum atomic E-state index is 5.92. The normalized spacial score (nSPS) is 27.0. The molecule has 3 fully saturated rings. The average molecular weight is 296 g/mol. The summed E-state index contributed by atoms with van der Waals surface area (Å²) in [7, 11) is 0. The molecule has 1 aromatic rings. The van der Waals surface area contributed by atoms with Crippen molar-refractivity contribution < 1.29 is 9.15 Å². The van der Waals surface area contributed by atoms with Crippen LogP contribution in [0.4, 0.5) is 0 Å². The quantitative estimate of drug-likeness (QED) is 0.715. The maximum absolute atomic E-state index is 5.92. The van der Waals surface area contributed by atoms with Gasteiger partial charge in [0, 0.05) is 5.41 Å². The largest absolute Gasteiger partial charge is 0.467 e. The fraction of sp³-hybridized carbons (Fsp3) is 0.600. The topological polar surface area (TPSA) is 22.4 Å². The van der Waals surface area contributed by atoms with E-state index in [0.29, 0.717) is 17.4 Å². The lowest BCUT2D eigenvalue weighted by molar-refractivity contribution is 0.124. The van der Waals surface area contributed by atoms with E-state index in [0.717, 1.165) is 12.4 Å². The van der Waals surface area contributed by atoms with Gasteiger partial charge in [-0.2, -0.15) is 0 Å². The fourth-order valence-electron chi connectivity index (χ4n) is 4.78. The van der Waals surface area contributed by atoms with Crippen molar-refractivity contribution in [3.8, 4) is 0 Å². The van der Waals surface area contributed by atoms with Crippen molar-refractivity contribution in [3.05, 3.63) is 47.0 Å². The molecule has 0 aliphatic heterocycles. The van der Waals surface area contributed by atoms with Crippen molar-refractivity contribution in [1.82, 2.24) is 0 Å². The minimum atomic E-state index is 0.526. The molecule has 3 saturated carbocycles. The number of ether oxygens (including phenoxy) is 1. The lowest BCUT2D eigenvalue weighted by Crippen LogP contribution is -2.17. The predicted octanol–water partition coefficient (Wildman–Crippen LogP) is 5.17. The van der Waals surface area contributed by atoms with Crippen LogP contribution < -0.4 is 0 Å². The van der Waals surface area contributed by atoms with E-state index in [1.165, 1.54) is 56.9 Å². The van der Waals surface area contributed by atoms with Crippen LogP contribution in [0.3, 0.4) is 0 Å². The van der Waals surface area contributed by atoms with Gasteiger partial charge in [-0.05, 0) is 74.5 Å². The van der Waals surface area contributed by atoms with E-state index in [1.54, 1.807) is 6.26 Å². The second-order valence-electron chi connectivity index (χ2n) is 7.70. The van der Waals surface area contributed by atoms with E-state index in [-0.39, 0.29) is 0 Å². The van der Waals surface area contributed by atoms with E-state index in [2.05, 4.69) is 6.08 Å². The van der Waals surface area contributed by atoms with Crippen LogP contribution in [0.2, 0.25) is 0 Å². The lowest BCUT2D eigenvalue weighted by atomic mass is 9.78. The van der Waals surface area contributed by atoms with E-state index >= 15 is 0 Å². The molecule has 1 aromatic heterocycles. The first-order valence-electron chi connectivity index (χ1n) is 8.84. The van der Waals surface area contributed by atoms with E-state index < -0.39 is 0 Å². The van der Waals surface area contributed by atoms with Gasteiger partial charge in [0.15, 0.2) is 0 Å². The van der Waals surface area contributed by atoms with Gasteiger partial charge in [0.25, 0.3) is 0 Å². The highest BCUT2D eigenvalue weighted by Crippen LogP contribution is 2.77. The van der Waals surface area contributed by atoms with Gasteiger partial charge < -0.3 is 9.15 Å². The van der Waals surface area contributed by atoms with Gasteiger partial charge in [-0.25, -0.2) is 0 Å². The van der Waals surface area contributed by atoms with Gasteiger partial charge in [-0.1, -0.05) is 17.2 Å². The lowest BCUT2D eigenvalue weighted by Gasteiger charge is -2.25. The number of furan rings is 1. The van der Waals surface area contributed by atoms with Crippen molar-refractivity contribution >= 4 is 0 Å². The predicted molar refractivity (Wildman–Crippen MR) is 85.3 cm³/mol.